The van der Waals surface area contributed by atoms with E-state index >= 15 is 0 Å². The minimum atomic E-state index is -0.993. The molecule has 1 aromatic heterocycles. The van der Waals surface area contributed by atoms with Crippen LogP contribution in [0.2, 0.25) is 5.02 Å². The van der Waals surface area contributed by atoms with E-state index in [-0.39, 0.29) is 24.8 Å². The van der Waals surface area contributed by atoms with E-state index in [2.05, 4.69) is 10.3 Å². The van der Waals surface area contributed by atoms with Crippen LogP contribution >= 0.6 is 22.9 Å². The highest BCUT2D eigenvalue weighted by Crippen LogP contribution is 2.39. The van der Waals surface area contributed by atoms with E-state index in [9.17, 15) is 9.59 Å². The molecule has 1 aromatic carbocycles. The lowest BCUT2D eigenvalue weighted by molar-refractivity contribution is -0.132. The first-order valence-electron chi connectivity index (χ1n) is 7.37. The summed E-state index contributed by atoms with van der Waals surface area (Å²) in [6.45, 7) is 3.64. The second-order valence-electron chi connectivity index (χ2n) is 5.82. The van der Waals surface area contributed by atoms with Crippen molar-refractivity contribution in [1.29, 1.82) is 0 Å². The van der Waals surface area contributed by atoms with Gasteiger partial charge < -0.3 is 15.0 Å². The number of thiazole rings is 1. The lowest BCUT2D eigenvalue weighted by Gasteiger charge is -2.38. The maximum atomic E-state index is 12.7. The van der Waals surface area contributed by atoms with Gasteiger partial charge in [-0.05, 0) is 32.0 Å². The zero-order chi connectivity index (χ0) is 17.3. The molecule has 2 aromatic rings. The average Bonchev–Trinajstić information content (AvgIpc) is 3.01. The van der Waals surface area contributed by atoms with Crippen LogP contribution in [0, 0.1) is 0 Å². The van der Waals surface area contributed by atoms with Crippen LogP contribution in [0.1, 0.15) is 20.3 Å². The third kappa shape index (κ3) is 3.37. The molecule has 1 aliphatic heterocycles. The van der Waals surface area contributed by atoms with Gasteiger partial charge >= 0.3 is 0 Å². The summed E-state index contributed by atoms with van der Waals surface area (Å²) in [4.78, 5) is 30.3. The number of benzene rings is 1. The Morgan fingerprint density at radius 3 is 2.96 bits per heavy atom. The first kappa shape index (κ1) is 16.7. The Hall–Kier alpha value is -2.12. The summed E-state index contributed by atoms with van der Waals surface area (Å²) in [6.07, 6.45) is 1.76. The fraction of sp³-hybridized carbons (Fsp3) is 0.312. The highest BCUT2D eigenvalue weighted by molar-refractivity contribution is 7.13. The fourth-order valence-electron chi connectivity index (χ4n) is 2.44. The number of hydrogen-bond donors (Lipinski definition) is 1. The molecular weight excluding hydrogens is 350 g/mol. The lowest BCUT2D eigenvalue weighted by Crippen LogP contribution is -2.53. The SMILES string of the molecule is CC1(C)Oc2ccc(Cl)cc2N(CCC(=O)Nc2nccs2)C1=O. The minimum Gasteiger partial charge on any atom is -0.476 e. The van der Waals surface area contributed by atoms with Crippen molar-refractivity contribution in [3.63, 3.8) is 0 Å². The molecule has 2 amide bonds. The van der Waals surface area contributed by atoms with Crippen molar-refractivity contribution in [3.8, 4) is 5.75 Å². The Bertz CT molecular complexity index is 777. The van der Waals surface area contributed by atoms with E-state index in [0.717, 1.165) is 0 Å². The van der Waals surface area contributed by atoms with Crippen LogP contribution in [-0.4, -0.2) is 28.9 Å². The number of carbonyl (C=O) groups is 2. The van der Waals surface area contributed by atoms with Crippen molar-refractivity contribution in [1.82, 2.24) is 4.98 Å². The Kier molecular flexibility index (Phi) is 4.47. The maximum absolute atomic E-state index is 12.7. The summed E-state index contributed by atoms with van der Waals surface area (Å²) in [7, 11) is 0. The van der Waals surface area contributed by atoms with Crippen molar-refractivity contribution >= 4 is 45.6 Å². The first-order valence-corrected chi connectivity index (χ1v) is 8.62. The van der Waals surface area contributed by atoms with E-state index in [1.165, 1.54) is 11.3 Å². The Labute approximate surface area is 148 Å². The number of anilines is 2. The van der Waals surface area contributed by atoms with Gasteiger partial charge in [0.2, 0.25) is 5.91 Å². The number of amides is 2. The van der Waals surface area contributed by atoms with E-state index in [1.54, 1.807) is 48.5 Å². The summed E-state index contributed by atoms with van der Waals surface area (Å²) >= 11 is 7.38. The molecule has 0 spiro atoms. The zero-order valence-corrected chi connectivity index (χ0v) is 14.8. The topological polar surface area (TPSA) is 71.5 Å². The van der Waals surface area contributed by atoms with Crippen molar-refractivity contribution in [2.45, 2.75) is 25.9 Å². The molecule has 0 radical (unpaired) electrons. The molecule has 24 heavy (non-hydrogen) atoms. The standard InChI is InChI=1S/C16H16ClN3O3S/c1-16(2)14(22)20(11-9-10(17)3-4-12(11)23-16)7-5-13(21)19-15-18-6-8-24-15/h3-4,6,8-9H,5,7H2,1-2H3,(H,18,19,21). The number of ether oxygens (including phenoxy) is 1. The predicted octanol–water partition coefficient (Wildman–Crippen LogP) is 3.33. The van der Waals surface area contributed by atoms with Crippen LogP contribution in [0.5, 0.6) is 5.75 Å². The van der Waals surface area contributed by atoms with Gasteiger partial charge in [0.1, 0.15) is 5.75 Å². The van der Waals surface area contributed by atoms with E-state index in [0.29, 0.717) is 21.6 Å². The Morgan fingerprint density at radius 2 is 2.25 bits per heavy atom. The molecule has 6 nitrogen and oxygen atoms in total. The number of rotatable bonds is 4. The summed E-state index contributed by atoms with van der Waals surface area (Å²) in [5.41, 5.74) is -0.416. The molecule has 0 bridgehead atoms. The van der Waals surface area contributed by atoms with Crippen molar-refractivity contribution in [3.05, 3.63) is 34.8 Å². The molecule has 126 valence electrons. The van der Waals surface area contributed by atoms with E-state index in [1.807, 2.05) is 0 Å². The average molecular weight is 366 g/mol. The van der Waals surface area contributed by atoms with Gasteiger partial charge in [0.15, 0.2) is 10.7 Å². The second kappa shape index (κ2) is 6.41. The molecule has 2 heterocycles. The van der Waals surface area contributed by atoms with Gasteiger partial charge in [0, 0.05) is 29.6 Å². The third-order valence-electron chi connectivity index (χ3n) is 3.58. The quantitative estimate of drug-likeness (QED) is 0.902. The number of hydrogen-bond acceptors (Lipinski definition) is 5. The van der Waals surface area contributed by atoms with Gasteiger partial charge in [0.25, 0.3) is 5.91 Å². The Balaban J connectivity index is 1.77. The number of fused-ring (bicyclic) bond motifs is 1. The third-order valence-corrected chi connectivity index (χ3v) is 4.50. The molecule has 1 N–H and O–H groups in total. The molecule has 0 aliphatic carbocycles. The van der Waals surface area contributed by atoms with Gasteiger partial charge in [0.05, 0.1) is 5.69 Å². The summed E-state index contributed by atoms with van der Waals surface area (Å²) in [6, 6.07) is 5.11. The van der Waals surface area contributed by atoms with Gasteiger partial charge in [-0.15, -0.1) is 11.3 Å². The fourth-order valence-corrected chi connectivity index (χ4v) is 3.15. The molecule has 0 unspecified atom stereocenters. The Morgan fingerprint density at radius 1 is 1.46 bits per heavy atom. The maximum Gasteiger partial charge on any atom is 0.270 e. The zero-order valence-electron chi connectivity index (χ0n) is 13.2. The van der Waals surface area contributed by atoms with Crippen molar-refractivity contribution in [2.75, 3.05) is 16.8 Å². The molecule has 0 saturated carbocycles. The molecule has 0 atom stereocenters. The number of nitrogens with zero attached hydrogens (tertiary/aromatic N) is 2. The van der Waals surface area contributed by atoms with Gasteiger partial charge in [-0.3, -0.25) is 9.59 Å². The molecule has 1 aliphatic rings. The number of carbonyl (C=O) groups excluding carboxylic acids is 2. The smallest absolute Gasteiger partial charge is 0.270 e. The van der Waals surface area contributed by atoms with Crippen LogP contribution in [0.25, 0.3) is 0 Å². The number of aromatic nitrogens is 1. The largest absolute Gasteiger partial charge is 0.476 e. The summed E-state index contributed by atoms with van der Waals surface area (Å²) in [5, 5.41) is 5.53. The van der Waals surface area contributed by atoms with Crippen LogP contribution in [0.3, 0.4) is 0 Å². The highest BCUT2D eigenvalue weighted by atomic mass is 35.5. The van der Waals surface area contributed by atoms with E-state index < -0.39 is 5.60 Å². The van der Waals surface area contributed by atoms with Gasteiger partial charge in [-0.25, -0.2) is 4.98 Å². The molecule has 0 fully saturated rings. The van der Waals surface area contributed by atoms with Crippen LogP contribution < -0.4 is 15.0 Å². The summed E-state index contributed by atoms with van der Waals surface area (Å²) < 4.78 is 5.75. The lowest BCUT2D eigenvalue weighted by atomic mass is 10.0. The van der Waals surface area contributed by atoms with Crippen LogP contribution in [0.4, 0.5) is 10.8 Å². The predicted molar refractivity (Wildman–Crippen MR) is 93.9 cm³/mol. The minimum absolute atomic E-state index is 0.146. The molecule has 0 saturated heterocycles. The normalized spacial score (nSPS) is 15.6. The number of nitrogens with one attached hydrogen (secondary N) is 1. The van der Waals surface area contributed by atoms with Crippen LogP contribution in [-0.2, 0) is 9.59 Å². The monoisotopic (exact) mass is 365 g/mol. The van der Waals surface area contributed by atoms with Crippen molar-refractivity contribution in [2.24, 2.45) is 0 Å². The molecular formula is C16H16ClN3O3S. The molecule has 8 heteroatoms. The summed E-state index contributed by atoms with van der Waals surface area (Å²) in [5.74, 6) is 0.161. The molecule has 3 rings (SSSR count). The highest BCUT2D eigenvalue weighted by Gasteiger charge is 2.40. The second-order valence-corrected chi connectivity index (χ2v) is 7.15. The van der Waals surface area contributed by atoms with Crippen molar-refractivity contribution < 1.29 is 14.3 Å². The van der Waals surface area contributed by atoms with Crippen LogP contribution in [0.15, 0.2) is 29.8 Å². The number of halogens is 1. The first-order chi connectivity index (χ1) is 11.4. The van der Waals surface area contributed by atoms with E-state index in [4.69, 9.17) is 16.3 Å². The van der Waals surface area contributed by atoms with Gasteiger partial charge in [-0.1, -0.05) is 11.6 Å². The van der Waals surface area contributed by atoms with Gasteiger partial charge in [-0.2, -0.15) is 0 Å².